The van der Waals surface area contributed by atoms with Crippen molar-refractivity contribution in [2.24, 2.45) is 17.3 Å². The lowest BCUT2D eigenvalue weighted by molar-refractivity contribution is -0.126. The fraction of sp³-hybridized carbons (Fsp3) is 0.625. The normalized spacial score (nSPS) is 31.7. The Bertz CT molecular complexity index is 1370. The summed E-state index contributed by atoms with van der Waals surface area (Å²) in [7, 11) is 0. The highest BCUT2D eigenvalue weighted by Gasteiger charge is 2.53. The third-order valence-corrected chi connectivity index (χ3v) is 10.6. The molecule has 2 bridgehead atoms. The molecule has 2 aromatic heterocycles. The van der Waals surface area contributed by atoms with Crippen LogP contribution in [0.15, 0.2) is 39.4 Å². The molecular weight excluding hydrogens is 488 g/mol. The zero-order valence-corrected chi connectivity index (χ0v) is 22.9. The number of nitrogens with zero attached hydrogens (tertiary/aromatic N) is 4. The Hall–Kier alpha value is -2.96. The summed E-state index contributed by atoms with van der Waals surface area (Å²) in [6.45, 7) is 3.04. The zero-order valence-electron chi connectivity index (χ0n) is 22.9. The van der Waals surface area contributed by atoms with E-state index in [1.54, 1.807) is 0 Å². The Kier molecular flexibility index (Phi) is 5.37. The van der Waals surface area contributed by atoms with Gasteiger partial charge in [-0.2, -0.15) is 4.98 Å². The van der Waals surface area contributed by atoms with E-state index in [1.165, 1.54) is 25.7 Å². The van der Waals surface area contributed by atoms with E-state index in [0.717, 1.165) is 92.5 Å². The first-order chi connectivity index (χ1) is 19.0. The van der Waals surface area contributed by atoms with E-state index in [4.69, 9.17) is 13.9 Å². The van der Waals surface area contributed by atoms with Gasteiger partial charge >= 0.3 is 0 Å². The molecule has 204 valence electrons. The predicted molar refractivity (Wildman–Crippen MR) is 146 cm³/mol. The summed E-state index contributed by atoms with van der Waals surface area (Å²) in [5.74, 6) is 5.52. The van der Waals surface area contributed by atoms with Crippen molar-refractivity contribution in [1.82, 2.24) is 15.1 Å². The van der Waals surface area contributed by atoms with Crippen LogP contribution in [0.3, 0.4) is 0 Å². The number of benzene rings is 1. The number of hydrogen-bond acceptors (Lipinski definition) is 6. The van der Waals surface area contributed by atoms with E-state index >= 15 is 0 Å². The van der Waals surface area contributed by atoms with Crippen LogP contribution in [0.4, 0.5) is 5.69 Å². The molecule has 7 heteroatoms. The second kappa shape index (κ2) is 8.77. The van der Waals surface area contributed by atoms with Crippen molar-refractivity contribution in [2.45, 2.75) is 101 Å². The number of aromatic nitrogens is 3. The molecule has 9 rings (SSSR count). The second-order valence-electron chi connectivity index (χ2n) is 13.6. The Morgan fingerprint density at radius 3 is 2.46 bits per heavy atom. The van der Waals surface area contributed by atoms with Gasteiger partial charge in [0, 0.05) is 41.0 Å². The molecule has 0 saturated heterocycles. The lowest BCUT2D eigenvalue weighted by atomic mass is 9.53. The maximum atomic E-state index is 14.0. The molecule has 6 aliphatic rings. The standard InChI is InChI=1S/C32H38N4O3/c1-20-15-24(16-20)29(37)36(25-4-2-3-23(17-25)26-18-33-28(38-26)22-7-8-22)19-31-9-12-32(13-10-31,14-11-31)30-34-27(35-39-30)21-5-6-21/h2-4,17-18,20-22,24H,5-16,19H2,1H3. The minimum atomic E-state index is 0.0333. The highest BCUT2D eigenvalue weighted by atomic mass is 16.5. The van der Waals surface area contributed by atoms with E-state index < -0.39 is 0 Å². The Morgan fingerprint density at radius 2 is 1.77 bits per heavy atom. The van der Waals surface area contributed by atoms with Crippen molar-refractivity contribution in [3.05, 3.63) is 48.1 Å². The molecular formula is C32H38N4O3. The average molecular weight is 527 g/mol. The fourth-order valence-corrected chi connectivity index (χ4v) is 7.50. The monoisotopic (exact) mass is 526 g/mol. The van der Waals surface area contributed by atoms with E-state index in [0.29, 0.717) is 23.7 Å². The van der Waals surface area contributed by atoms with Gasteiger partial charge < -0.3 is 13.8 Å². The first-order valence-electron chi connectivity index (χ1n) is 15.2. The van der Waals surface area contributed by atoms with Gasteiger partial charge in [0.05, 0.1) is 6.20 Å². The zero-order chi connectivity index (χ0) is 26.2. The Labute approximate surface area is 229 Å². The number of hydrogen-bond donors (Lipinski definition) is 0. The summed E-state index contributed by atoms with van der Waals surface area (Å²) >= 11 is 0. The van der Waals surface area contributed by atoms with Gasteiger partial charge in [-0.3, -0.25) is 4.79 Å². The van der Waals surface area contributed by atoms with Crippen molar-refractivity contribution in [3.8, 4) is 11.3 Å². The molecule has 6 saturated carbocycles. The van der Waals surface area contributed by atoms with Gasteiger partial charge in [-0.1, -0.05) is 24.2 Å². The molecule has 3 aromatic rings. The third kappa shape index (κ3) is 4.23. The van der Waals surface area contributed by atoms with Gasteiger partial charge in [-0.15, -0.1) is 0 Å². The van der Waals surface area contributed by atoms with Crippen molar-refractivity contribution in [3.63, 3.8) is 0 Å². The van der Waals surface area contributed by atoms with Crippen LogP contribution in [-0.4, -0.2) is 27.6 Å². The minimum Gasteiger partial charge on any atom is -0.440 e. The summed E-state index contributed by atoms with van der Waals surface area (Å²) in [6.07, 6.45) is 15.1. The van der Waals surface area contributed by atoms with Gasteiger partial charge in [0.25, 0.3) is 0 Å². The fourth-order valence-electron chi connectivity index (χ4n) is 7.50. The van der Waals surface area contributed by atoms with Crippen LogP contribution >= 0.6 is 0 Å². The van der Waals surface area contributed by atoms with Crippen LogP contribution in [-0.2, 0) is 10.2 Å². The highest BCUT2D eigenvalue weighted by Crippen LogP contribution is 2.58. The number of oxazole rings is 1. The lowest BCUT2D eigenvalue weighted by Gasteiger charge is -2.53. The molecule has 6 aliphatic carbocycles. The van der Waals surface area contributed by atoms with E-state index in [2.05, 4.69) is 46.2 Å². The maximum Gasteiger partial charge on any atom is 0.232 e. The largest absolute Gasteiger partial charge is 0.440 e. The average Bonchev–Trinajstić information content (AvgIpc) is 3.89. The van der Waals surface area contributed by atoms with Gasteiger partial charge in [0.1, 0.15) is 0 Å². The molecule has 1 aromatic carbocycles. The van der Waals surface area contributed by atoms with Gasteiger partial charge in [-0.05, 0) is 101 Å². The Balaban J connectivity index is 1.05. The summed E-state index contributed by atoms with van der Waals surface area (Å²) in [4.78, 5) is 25.5. The Morgan fingerprint density at radius 1 is 1.03 bits per heavy atom. The molecule has 0 spiro atoms. The van der Waals surface area contributed by atoms with Crippen LogP contribution < -0.4 is 4.90 Å². The molecule has 7 nitrogen and oxygen atoms in total. The van der Waals surface area contributed by atoms with Crippen LogP contribution in [0.2, 0.25) is 0 Å². The first-order valence-corrected chi connectivity index (χ1v) is 15.2. The number of amides is 1. The van der Waals surface area contributed by atoms with Crippen molar-refractivity contribution in [1.29, 1.82) is 0 Å². The van der Waals surface area contributed by atoms with Crippen LogP contribution in [0.25, 0.3) is 11.3 Å². The van der Waals surface area contributed by atoms with Gasteiger partial charge in [-0.25, -0.2) is 4.98 Å². The molecule has 0 atom stereocenters. The van der Waals surface area contributed by atoms with Crippen LogP contribution in [0, 0.1) is 17.3 Å². The summed E-state index contributed by atoms with van der Waals surface area (Å²) in [5, 5.41) is 4.33. The number of rotatable bonds is 8. The number of carbonyl (C=O) groups excluding carboxylic acids is 1. The van der Waals surface area contributed by atoms with E-state index in [9.17, 15) is 4.79 Å². The second-order valence-corrected chi connectivity index (χ2v) is 13.6. The smallest absolute Gasteiger partial charge is 0.232 e. The predicted octanol–water partition coefficient (Wildman–Crippen LogP) is 7.15. The molecule has 0 unspecified atom stereocenters. The molecule has 0 radical (unpaired) electrons. The summed E-state index contributed by atoms with van der Waals surface area (Å²) in [6, 6.07) is 8.38. The first kappa shape index (κ1) is 23.9. The summed E-state index contributed by atoms with van der Waals surface area (Å²) in [5.41, 5.74) is 2.17. The van der Waals surface area contributed by atoms with Crippen LogP contribution in [0.5, 0.6) is 0 Å². The quantitative estimate of drug-likeness (QED) is 0.310. The third-order valence-electron chi connectivity index (χ3n) is 10.6. The highest BCUT2D eigenvalue weighted by molar-refractivity contribution is 5.96. The molecule has 6 fully saturated rings. The van der Waals surface area contributed by atoms with E-state index in [-0.39, 0.29) is 16.7 Å². The topological polar surface area (TPSA) is 85.3 Å². The maximum absolute atomic E-state index is 14.0. The van der Waals surface area contributed by atoms with Crippen molar-refractivity contribution < 1.29 is 13.7 Å². The van der Waals surface area contributed by atoms with Crippen molar-refractivity contribution in [2.75, 3.05) is 11.4 Å². The SMILES string of the molecule is CC1CC(C(=O)N(CC23CCC(c4nc(C5CC5)no4)(CC2)CC3)c2cccc(-c3cnc(C4CC4)o3)c2)C1. The van der Waals surface area contributed by atoms with Crippen LogP contribution in [0.1, 0.15) is 113 Å². The molecule has 0 N–H and O–H groups in total. The number of carbonyl (C=O) groups is 1. The molecule has 1 amide bonds. The number of fused-ring (bicyclic) bond motifs is 3. The molecule has 39 heavy (non-hydrogen) atoms. The van der Waals surface area contributed by atoms with Gasteiger partial charge in [0.15, 0.2) is 17.5 Å². The molecule has 2 heterocycles. The molecule has 0 aliphatic heterocycles. The lowest BCUT2D eigenvalue weighted by Crippen LogP contribution is -2.52. The van der Waals surface area contributed by atoms with Gasteiger partial charge in [0.2, 0.25) is 11.8 Å². The summed E-state index contributed by atoms with van der Waals surface area (Å²) < 4.78 is 12.0. The minimum absolute atomic E-state index is 0.0333. The van der Waals surface area contributed by atoms with Crippen molar-refractivity contribution >= 4 is 11.6 Å². The number of anilines is 1. The van der Waals surface area contributed by atoms with E-state index in [1.807, 2.05) is 6.20 Å².